The van der Waals surface area contributed by atoms with Gasteiger partial charge in [-0.25, -0.2) is 0 Å². The molecule has 0 aliphatic carbocycles. The predicted molar refractivity (Wildman–Crippen MR) is 155 cm³/mol. The quantitative estimate of drug-likeness (QED) is 0.132. The van der Waals surface area contributed by atoms with Crippen molar-refractivity contribution in [3.8, 4) is 0 Å². The van der Waals surface area contributed by atoms with Crippen molar-refractivity contribution in [3.05, 3.63) is 29.6 Å². The lowest BCUT2D eigenvalue weighted by molar-refractivity contribution is -0.147. The van der Waals surface area contributed by atoms with Gasteiger partial charge in [0.2, 0.25) is 0 Å². The van der Waals surface area contributed by atoms with Gasteiger partial charge in [0.25, 0.3) is 0 Å². The summed E-state index contributed by atoms with van der Waals surface area (Å²) in [5, 5.41) is 57.5. The van der Waals surface area contributed by atoms with Gasteiger partial charge in [-0.2, -0.15) is 0 Å². The van der Waals surface area contributed by atoms with Crippen molar-refractivity contribution in [1.29, 1.82) is 0 Å². The normalized spacial score (nSPS) is 17.2. The molecule has 1 aromatic rings. The van der Waals surface area contributed by atoms with Gasteiger partial charge in [0, 0.05) is 58.5 Å². The van der Waals surface area contributed by atoms with E-state index in [2.05, 4.69) is 4.98 Å². The molecule has 1 aliphatic rings. The summed E-state index contributed by atoms with van der Waals surface area (Å²) in [7, 11) is 0. The zero-order chi connectivity index (χ0) is 33.5. The third kappa shape index (κ3) is 13.2. The second-order valence-corrected chi connectivity index (χ2v) is 11.0. The van der Waals surface area contributed by atoms with E-state index in [-0.39, 0.29) is 97.1 Å². The number of aliphatic carboxylic acids is 6. The van der Waals surface area contributed by atoms with E-state index in [1.165, 1.54) is 0 Å². The van der Waals surface area contributed by atoms with Gasteiger partial charge in [0.15, 0.2) is 0 Å². The molecule has 0 aromatic carbocycles. The number of hydrogen-bond acceptors (Lipinski definition) is 10. The molecule has 1 aliphatic heterocycles. The molecule has 0 radical (unpaired) electrons. The van der Waals surface area contributed by atoms with Crippen LogP contribution < -0.4 is 0 Å². The molecule has 0 saturated carbocycles. The molecule has 250 valence electrons. The Morgan fingerprint density at radius 2 is 0.867 bits per heavy atom. The van der Waals surface area contributed by atoms with Crippen molar-refractivity contribution < 1.29 is 59.4 Å². The summed E-state index contributed by atoms with van der Waals surface area (Å²) in [4.78, 5) is 79.8. The maximum atomic E-state index is 12.4. The summed E-state index contributed by atoms with van der Waals surface area (Å²) >= 11 is 0. The Kier molecular flexibility index (Phi) is 15.3. The molecule has 0 saturated heterocycles. The average molecular weight is 639 g/mol. The van der Waals surface area contributed by atoms with Crippen LogP contribution in [0.5, 0.6) is 0 Å². The molecule has 0 amide bonds. The van der Waals surface area contributed by atoms with Crippen LogP contribution in [0, 0.1) is 0 Å². The van der Waals surface area contributed by atoms with Crippen LogP contribution in [0.15, 0.2) is 18.2 Å². The second kappa shape index (κ2) is 18.6. The molecule has 0 fully saturated rings. The van der Waals surface area contributed by atoms with Gasteiger partial charge in [-0.05, 0) is 50.7 Å². The van der Waals surface area contributed by atoms with Gasteiger partial charge in [-0.1, -0.05) is 6.07 Å². The number of pyridine rings is 1. The van der Waals surface area contributed by atoms with Crippen LogP contribution in [-0.2, 0) is 41.9 Å². The maximum Gasteiger partial charge on any atom is 0.320 e. The van der Waals surface area contributed by atoms with Gasteiger partial charge in [-0.15, -0.1) is 0 Å². The number of fused-ring (bicyclic) bond motifs is 2. The van der Waals surface area contributed by atoms with Gasteiger partial charge < -0.3 is 30.6 Å². The highest BCUT2D eigenvalue weighted by Gasteiger charge is 2.32. The van der Waals surface area contributed by atoms with Crippen LogP contribution in [0.3, 0.4) is 0 Å². The van der Waals surface area contributed by atoms with E-state index in [1.807, 2.05) is 0 Å². The average Bonchev–Trinajstić information content (AvgIpc) is 2.94. The van der Waals surface area contributed by atoms with E-state index in [9.17, 15) is 44.1 Å². The zero-order valence-electron chi connectivity index (χ0n) is 25.0. The first-order chi connectivity index (χ1) is 21.3. The van der Waals surface area contributed by atoms with Crippen molar-refractivity contribution in [2.75, 3.05) is 26.2 Å². The monoisotopic (exact) mass is 638 g/mol. The van der Waals surface area contributed by atoms with Gasteiger partial charge in [0.05, 0.1) is 11.4 Å². The molecule has 16 nitrogen and oxygen atoms in total. The molecule has 2 rings (SSSR count). The van der Waals surface area contributed by atoms with E-state index in [1.54, 1.807) is 32.9 Å². The molecule has 2 bridgehead atoms. The zero-order valence-corrected chi connectivity index (χ0v) is 25.0. The lowest BCUT2D eigenvalue weighted by Crippen LogP contribution is -2.52. The minimum absolute atomic E-state index is 0.0205. The number of carboxylic acid groups (broad SMARTS) is 6. The summed E-state index contributed by atoms with van der Waals surface area (Å²) in [6.07, 6.45) is -0.440. The fourth-order valence-electron chi connectivity index (χ4n) is 5.48. The van der Waals surface area contributed by atoms with Crippen molar-refractivity contribution in [2.24, 2.45) is 0 Å². The first-order valence-corrected chi connectivity index (χ1v) is 14.8. The number of hydrogen-bond donors (Lipinski definition) is 6. The lowest BCUT2D eigenvalue weighted by atomic mass is 10.0. The minimum Gasteiger partial charge on any atom is -0.481 e. The van der Waals surface area contributed by atoms with Crippen molar-refractivity contribution >= 4 is 35.8 Å². The van der Waals surface area contributed by atoms with Crippen LogP contribution in [-0.4, -0.2) is 130 Å². The second-order valence-electron chi connectivity index (χ2n) is 11.0. The van der Waals surface area contributed by atoms with Crippen LogP contribution in [0.4, 0.5) is 0 Å². The SMILES string of the molecule is O=C(O)CCCC(C(=O)O)N1CCN(C(CCCC(=O)O)C(=O)O)Cc2cccc(n2)CN(C(CCCC(=O)O)C(=O)O)CC1. The van der Waals surface area contributed by atoms with Crippen LogP contribution in [0.25, 0.3) is 0 Å². The number of carboxylic acids is 6. The molecule has 1 aromatic heterocycles. The molecule has 3 atom stereocenters. The molecule has 6 N–H and O–H groups in total. The summed E-state index contributed by atoms with van der Waals surface area (Å²) in [6, 6.07) is 1.70. The molecule has 0 spiro atoms. The Balaban J connectivity index is 2.51. The highest BCUT2D eigenvalue weighted by molar-refractivity contribution is 5.75. The summed E-state index contributed by atoms with van der Waals surface area (Å²) < 4.78 is 0. The highest BCUT2D eigenvalue weighted by Crippen LogP contribution is 2.20. The smallest absolute Gasteiger partial charge is 0.320 e. The minimum atomic E-state index is -1.22. The Bertz CT molecular complexity index is 1130. The number of aromatic nitrogens is 1. The van der Waals surface area contributed by atoms with E-state index >= 15 is 0 Å². The summed E-state index contributed by atoms with van der Waals surface area (Å²) in [5.74, 6) is -6.79. The number of rotatable bonds is 18. The van der Waals surface area contributed by atoms with Crippen LogP contribution >= 0.6 is 0 Å². The third-order valence-corrected chi connectivity index (χ3v) is 7.73. The Labute approximate surface area is 259 Å². The van der Waals surface area contributed by atoms with Crippen LogP contribution in [0.2, 0.25) is 0 Å². The molecule has 45 heavy (non-hydrogen) atoms. The third-order valence-electron chi connectivity index (χ3n) is 7.73. The Morgan fingerprint density at radius 1 is 0.556 bits per heavy atom. The van der Waals surface area contributed by atoms with Crippen LogP contribution in [0.1, 0.15) is 69.2 Å². The molecular weight excluding hydrogens is 596 g/mol. The van der Waals surface area contributed by atoms with Crippen molar-refractivity contribution in [2.45, 2.75) is 89.0 Å². The topological polar surface area (TPSA) is 246 Å². The molecule has 3 unspecified atom stereocenters. The Morgan fingerprint density at radius 3 is 1.18 bits per heavy atom. The fourth-order valence-corrected chi connectivity index (χ4v) is 5.48. The van der Waals surface area contributed by atoms with Gasteiger partial charge >= 0.3 is 35.8 Å². The lowest BCUT2D eigenvalue weighted by Gasteiger charge is -2.37. The Hall–Kier alpha value is -4.15. The maximum absolute atomic E-state index is 12.4. The van der Waals surface area contributed by atoms with E-state index < -0.39 is 53.9 Å². The van der Waals surface area contributed by atoms with Crippen molar-refractivity contribution in [3.63, 3.8) is 0 Å². The van der Waals surface area contributed by atoms with E-state index in [0.29, 0.717) is 11.4 Å². The number of carbonyl (C=O) groups is 6. The molecule has 16 heteroatoms. The fraction of sp³-hybridized carbons (Fsp3) is 0.621. The van der Waals surface area contributed by atoms with E-state index in [4.69, 9.17) is 15.3 Å². The molecular formula is C29H42N4O12. The first kappa shape index (κ1) is 37.0. The summed E-state index contributed by atoms with van der Waals surface area (Å²) in [6.45, 7) is 0.195. The van der Waals surface area contributed by atoms with Crippen molar-refractivity contribution in [1.82, 2.24) is 19.7 Å². The van der Waals surface area contributed by atoms with E-state index in [0.717, 1.165) is 0 Å². The van der Waals surface area contributed by atoms with Gasteiger partial charge in [0.1, 0.15) is 18.1 Å². The highest BCUT2D eigenvalue weighted by atomic mass is 16.4. The standard InChI is InChI=1S/C29H42N4O12/c34-24(35)10-2-7-21(27(40)41)31-13-15-32(22(28(42)43)8-3-11-25(36)37)17-19-5-1-6-20(30-19)18-33(16-14-31)23(29(44)45)9-4-12-26(38)39/h1,5-6,21-23H,2-4,7-18H2,(H,34,35)(H,36,37)(H,38,39)(H,40,41)(H,42,43)(H,44,45). The number of nitrogens with zero attached hydrogens (tertiary/aromatic N) is 4. The largest absolute Gasteiger partial charge is 0.481 e. The molecule has 2 heterocycles. The summed E-state index contributed by atoms with van der Waals surface area (Å²) in [5.41, 5.74) is 0.941. The van der Waals surface area contributed by atoms with Gasteiger partial charge in [-0.3, -0.25) is 48.5 Å². The predicted octanol–water partition coefficient (Wildman–Crippen LogP) is 1.13. The first-order valence-electron chi connectivity index (χ1n) is 14.8.